The minimum Gasteiger partial charge on any atom is -0.197 e. The fraction of sp³-hybridized carbons (Fsp3) is 0.462. The van der Waals surface area contributed by atoms with Crippen molar-refractivity contribution in [2.24, 2.45) is 0 Å². The van der Waals surface area contributed by atoms with Crippen LogP contribution in [0.25, 0.3) is 11.1 Å². The Kier molecular flexibility index (Phi) is 6.89. The van der Waals surface area contributed by atoms with Crippen molar-refractivity contribution in [3.8, 4) is 0 Å². The van der Waals surface area contributed by atoms with Crippen LogP contribution in [0.4, 0.5) is 0 Å². The SMILES string of the molecule is CCCCCCCCCc1n[nH]nc1C1C(c2[pH]ccc2C)=C(C)c2ccccc21. The van der Waals surface area contributed by atoms with E-state index in [1.165, 1.54) is 78.1 Å². The average molecular weight is 420 g/mol. The highest BCUT2D eigenvalue weighted by molar-refractivity contribution is 7.31. The first-order valence-corrected chi connectivity index (χ1v) is 12.6. The van der Waals surface area contributed by atoms with Crippen molar-refractivity contribution in [1.29, 1.82) is 0 Å². The number of rotatable bonds is 10. The second-order valence-electron chi connectivity index (χ2n) is 8.62. The highest BCUT2D eigenvalue weighted by Gasteiger charge is 2.35. The smallest absolute Gasteiger partial charge is 0.0976 e. The molecule has 0 aliphatic heterocycles. The fourth-order valence-electron chi connectivity index (χ4n) is 4.89. The second-order valence-corrected chi connectivity index (χ2v) is 9.74. The molecule has 4 rings (SSSR count). The molecule has 30 heavy (non-hydrogen) atoms. The summed E-state index contributed by atoms with van der Waals surface area (Å²) in [4.78, 5) is 0. The molecule has 0 radical (unpaired) electrons. The zero-order valence-electron chi connectivity index (χ0n) is 18.6. The molecule has 3 aromatic rings. The molecule has 4 heteroatoms. The van der Waals surface area contributed by atoms with Crippen molar-refractivity contribution >= 4 is 19.3 Å². The van der Waals surface area contributed by atoms with Gasteiger partial charge in [0.05, 0.1) is 17.3 Å². The van der Waals surface area contributed by atoms with E-state index in [0.717, 1.165) is 26.0 Å². The Labute approximate surface area is 182 Å². The van der Waals surface area contributed by atoms with Crippen LogP contribution in [0, 0.1) is 6.92 Å². The van der Waals surface area contributed by atoms with Gasteiger partial charge in [-0.05, 0) is 65.6 Å². The molecule has 0 spiro atoms. The number of nitrogens with one attached hydrogen (secondary N) is 1. The first-order chi connectivity index (χ1) is 14.7. The minimum absolute atomic E-state index is 0.205. The molecular formula is C26H34N3P. The third kappa shape index (κ3) is 4.18. The molecule has 3 nitrogen and oxygen atoms in total. The van der Waals surface area contributed by atoms with Gasteiger partial charge in [0.25, 0.3) is 0 Å². The van der Waals surface area contributed by atoms with Crippen LogP contribution in [0.1, 0.15) is 98.1 Å². The van der Waals surface area contributed by atoms with Crippen molar-refractivity contribution < 1.29 is 0 Å². The zero-order chi connectivity index (χ0) is 20.9. The number of hydrogen-bond donors (Lipinski definition) is 1. The third-order valence-corrected chi connectivity index (χ3v) is 7.82. The van der Waals surface area contributed by atoms with E-state index in [2.05, 4.69) is 67.2 Å². The van der Waals surface area contributed by atoms with E-state index in [-0.39, 0.29) is 5.92 Å². The number of aromatic amines is 1. The number of nitrogens with zero attached hydrogens (tertiary/aromatic N) is 2. The zero-order valence-corrected chi connectivity index (χ0v) is 19.6. The van der Waals surface area contributed by atoms with E-state index >= 15 is 0 Å². The summed E-state index contributed by atoms with van der Waals surface area (Å²) in [7, 11) is 0.748. The topological polar surface area (TPSA) is 41.6 Å². The van der Waals surface area contributed by atoms with Gasteiger partial charge >= 0.3 is 0 Å². The molecule has 0 saturated carbocycles. The number of aryl methyl sites for hydroxylation is 2. The summed E-state index contributed by atoms with van der Waals surface area (Å²) in [6.07, 6.45) is 10.3. The summed E-state index contributed by atoms with van der Waals surface area (Å²) in [5.41, 5.74) is 9.33. The molecule has 1 aliphatic rings. The molecule has 158 valence electrons. The Hall–Kier alpha value is -2.12. The number of H-pyrrole nitrogens is 1. The maximum Gasteiger partial charge on any atom is 0.0976 e. The minimum atomic E-state index is 0.205. The standard InChI is InChI=1S/C26H34N3P/c1-4-5-6-7-8-9-10-15-22-25(28-29-27-22)24-21-14-12-11-13-20(21)19(3)23(24)26-18(2)16-17-30-26/h11-14,16-17,24,30H,4-10,15H2,1-3H3,(H,27,28,29). The van der Waals surface area contributed by atoms with Gasteiger partial charge in [-0.2, -0.15) is 15.4 Å². The lowest BCUT2D eigenvalue weighted by Crippen LogP contribution is -2.05. The van der Waals surface area contributed by atoms with Gasteiger partial charge in [0.2, 0.25) is 0 Å². The van der Waals surface area contributed by atoms with Gasteiger partial charge in [0.15, 0.2) is 0 Å². The van der Waals surface area contributed by atoms with Crippen LogP contribution in [0.15, 0.2) is 36.1 Å². The Morgan fingerprint density at radius 2 is 1.70 bits per heavy atom. The lowest BCUT2D eigenvalue weighted by molar-refractivity contribution is 0.586. The number of aromatic nitrogens is 3. The molecule has 2 atom stereocenters. The van der Waals surface area contributed by atoms with Crippen LogP contribution in [-0.4, -0.2) is 15.4 Å². The van der Waals surface area contributed by atoms with Crippen LogP contribution in [-0.2, 0) is 6.42 Å². The molecule has 1 aromatic carbocycles. The number of unbranched alkanes of at least 4 members (excludes halogenated alkanes) is 6. The lowest BCUT2D eigenvalue weighted by atomic mass is 9.88. The summed E-state index contributed by atoms with van der Waals surface area (Å²) in [5, 5.41) is 13.8. The van der Waals surface area contributed by atoms with Gasteiger partial charge in [-0.25, -0.2) is 0 Å². The molecule has 2 unspecified atom stereocenters. The van der Waals surface area contributed by atoms with Gasteiger partial charge < -0.3 is 0 Å². The van der Waals surface area contributed by atoms with Crippen LogP contribution in [0.3, 0.4) is 0 Å². The molecule has 0 fully saturated rings. The summed E-state index contributed by atoms with van der Waals surface area (Å²) < 4.78 is 0. The van der Waals surface area contributed by atoms with Crippen molar-refractivity contribution in [3.63, 3.8) is 0 Å². The van der Waals surface area contributed by atoms with Crippen LogP contribution >= 0.6 is 8.19 Å². The maximum atomic E-state index is 4.71. The van der Waals surface area contributed by atoms with E-state index in [9.17, 15) is 0 Å². The average Bonchev–Trinajstić information content (AvgIpc) is 3.45. The summed E-state index contributed by atoms with van der Waals surface area (Å²) >= 11 is 0. The van der Waals surface area contributed by atoms with Gasteiger partial charge in [0.1, 0.15) is 0 Å². The predicted octanol–water partition coefficient (Wildman–Crippen LogP) is 7.51. The normalized spacial score (nSPS) is 16.0. The Bertz CT molecular complexity index is 1010. The van der Waals surface area contributed by atoms with Crippen molar-refractivity contribution in [2.45, 2.75) is 78.1 Å². The van der Waals surface area contributed by atoms with E-state index in [1.54, 1.807) is 0 Å². The summed E-state index contributed by atoms with van der Waals surface area (Å²) in [5.74, 6) is 2.52. The van der Waals surface area contributed by atoms with Crippen molar-refractivity contribution in [3.05, 3.63) is 69.5 Å². The molecule has 0 amide bonds. The van der Waals surface area contributed by atoms with E-state index < -0.39 is 0 Å². The molecule has 1 N–H and O–H groups in total. The monoisotopic (exact) mass is 419 g/mol. The summed E-state index contributed by atoms with van der Waals surface area (Å²) in [6.45, 7) is 6.80. The highest BCUT2D eigenvalue weighted by atomic mass is 31.0. The molecular weight excluding hydrogens is 385 g/mol. The quantitative estimate of drug-likeness (QED) is 0.345. The van der Waals surface area contributed by atoms with Gasteiger partial charge in [0, 0.05) is 0 Å². The van der Waals surface area contributed by atoms with E-state index in [4.69, 9.17) is 5.10 Å². The largest absolute Gasteiger partial charge is 0.197 e. The summed E-state index contributed by atoms with van der Waals surface area (Å²) in [6, 6.07) is 11.1. The third-order valence-electron chi connectivity index (χ3n) is 6.53. The van der Waals surface area contributed by atoms with E-state index in [0.29, 0.717) is 0 Å². The number of fused-ring (bicyclic) bond motifs is 1. The van der Waals surface area contributed by atoms with Gasteiger partial charge in [-0.1, -0.05) is 75.8 Å². The molecule has 0 bridgehead atoms. The number of benzene rings is 1. The second kappa shape index (κ2) is 9.79. The molecule has 2 heterocycles. The Balaban J connectivity index is 1.57. The first-order valence-electron chi connectivity index (χ1n) is 11.6. The molecule has 1 aliphatic carbocycles. The van der Waals surface area contributed by atoms with Crippen LogP contribution < -0.4 is 0 Å². The van der Waals surface area contributed by atoms with Crippen molar-refractivity contribution in [2.75, 3.05) is 0 Å². The van der Waals surface area contributed by atoms with Gasteiger partial charge in [-0.15, -0.1) is 8.19 Å². The van der Waals surface area contributed by atoms with Crippen LogP contribution in [0.2, 0.25) is 0 Å². The predicted molar refractivity (Wildman–Crippen MR) is 130 cm³/mol. The Morgan fingerprint density at radius 3 is 2.47 bits per heavy atom. The van der Waals surface area contributed by atoms with Crippen molar-refractivity contribution in [1.82, 2.24) is 15.4 Å². The number of allylic oxidation sites excluding steroid dienone is 2. The van der Waals surface area contributed by atoms with E-state index in [1.807, 2.05) is 0 Å². The highest BCUT2D eigenvalue weighted by Crippen LogP contribution is 2.52. The van der Waals surface area contributed by atoms with Crippen LogP contribution in [0.5, 0.6) is 0 Å². The Morgan fingerprint density at radius 1 is 0.933 bits per heavy atom. The van der Waals surface area contributed by atoms with Gasteiger partial charge in [-0.3, -0.25) is 0 Å². The number of hydrogen-bond acceptors (Lipinski definition) is 2. The molecule has 0 saturated heterocycles. The maximum absolute atomic E-state index is 4.71. The first kappa shape index (κ1) is 21.1. The fourth-order valence-corrected chi connectivity index (χ4v) is 6.18. The lowest BCUT2D eigenvalue weighted by Gasteiger charge is -2.17. The molecule has 2 aromatic heterocycles.